The van der Waals surface area contributed by atoms with Crippen LogP contribution in [0.25, 0.3) is 0 Å². The van der Waals surface area contributed by atoms with E-state index in [-0.39, 0.29) is 0 Å². The van der Waals surface area contributed by atoms with E-state index in [1.807, 2.05) is 18.5 Å². The highest BCUT2D eigenvalue weighted by molar-refractivity contribution is 9.10. The van der Waals surface area contributed by atoms with Crippen molar-refractivity contribution in [2.24, 2.45) is 0 Å². The number of rotatable bonds is 6. The van der Waals surface area contributed by atoms with Gasteiger partial charge >= 0.3 is 0 Å². The molecular formula is C17H21BrN2. The summed E-state index contributed by atoms with van der Waals surface area (Å²) in [5.41, 5.74) is 3.86. The molecule has 2 nitrogen and oxygen atoms in total. The fourth-order valence-corrected chi connectivity index (χ4v) is 2.85. The van der Waals surface area contributed by atoms with Crippen LogP contribution in [-0.4, -0.2) is 11.5 Å². The predicted molar refractivity (Wildman–Crippen MR) is 87.9 cm³/mol. The zero-order chi connectivity index (χ0) is 14.4. The smallest absolute Gasteiger partial charge is 0.0372 e. The molecule has 0 radical (unpaired) electrons. The lowest BCUT2D eigenvalue weighted by Gasteiger charge is -2.21. The van der Waals surface area contributed by atoms with Crippen LogP contribution in [-0.2, 0) is 6.42 Å². The highest BCUT2D eigenvalue weighted by Crippen LogP contribution is 2.28. The van der Waals surface area contributed by atoms with Crippen molar-refractivity contribution in [1.82, 2.24) is 10.3 Å². The SMILES string of the molecule is CCCNC(Cc1cccnc1)c1cccc(C)c1Br. The first-order valence-corrected chi connectivity index (χ1v) is 7.89. The Labute approximate surface area is 129 Å². The summed E-state index contributed by atoms with van der Waals surface area (Å²) < 4.78 is 1.21. The molecule has 0 bridgehead atoms. The Morgan fingerprint density at radius 1 is 1.25 bits per heavy atom. The highest BCUT2D eigenvalue weighted by Gasteiger charge is 2.15. The first-order chi connectivity index (χ1) is 9.72. The van der Waals surface area contributed by atoms with Gasteiger partial charge in [0.2, 0.25) is 0 Å². The Kier molecular flexibility index (Phi) is 5.74. The first-order valence-electron chi connectivity index (χ1n) is 7.09. The molecule has 0 aliphatic rings. The molecule has 106 valence electrons. The van der Waals surface area contributed by atoms with Gasteiger partial charge in [0, 0.05) is 22.9 Å². The van der Waals surface area contributed by atoms with Crippen molar-refractivity contribution in [3.05, 3.63) is 63.9 Å². The average molecular weight is 333 g/mol. The van der Waals surface area contributed by atoms with Crippen LogP contribution in [0.1, 0.15) is 36.1 Å². The number of nitrogens with one attached hydrogen (secondary N) is 1. The quantitative estimate of drug-likeness (QED) is 0.846. The van der Waals surface area contributed by atoms with Crippen LogP contribution in [0.3, 0.4) is 0 Å². The van der Waals surface area contributed by atoms with E-state index >= 15 is 0 Å². The third kappa shape index (κ3) is 3.90. The highest BCUT2D eigenvalue weighted by atomic mass is 79.9. The second-order valence-electron chi connectivity index (χ2n) is 5.05. The van der Waals surface area contributed by atoms with Crippen molar-refractivity contribution in [1.29, 1.82) is 0 Å². The van der Waals surface area contributed by atoms with Crippen molar-refractivity contribution in [3.8, 4) is 0 Å². The summed E-state index contributed by atoms with van der Waals surface area (Å²) in [6.07, 6.45) is 5.85. The van der Waals surface area contributed by atoms with Gasteiger partial charge in [0.15, 0.2) is 0 Å². The van der Waals surface area contributed by atoms with Gasteiger partial charge in [0.25, 0.3) is 0 Å². The molecule has 2 rings (SSSR count). The molecule has 0 saturated heterocycles. The normalized spacial score (nSPS) is 12.3. The molecule has 1 aromatic carbocycles. The lowest BCUT2D eigenvalue weighted by Crippen LogP contribution is -2.24. The summed E-state index contributed by atoms with van der Waals surface area (Å²) in [7, 11) is 0. The van der Waals surface area contributed by atoms with Crippen LogP contribution >= 0.6 is 15.9 Å². The fourth-order valence-electron chi connectivity index (χ4n) is 2.30. The summed E-state index contributed by atoms with van der Waals surface area (Å²) >= 11 is 3.73. The molecule has 1 heterocycles. The summed E-state index contributed by atoms with van der Waals surface area (Å²) in [5, 5.41) is 3.64. The Morgan fingerprint density at radius 3 is 2.80 bits per heavy atom. The predicted octanol–water partition coefficient (Wildman–Crippen LogP) is 4.44. The van der Waals surface area contributed by atoms with Crippen LogP contribution in [0.5, 0.6) is 0 Å². The maximum atomic E-state index is 4.21. The molecule has 1 atom stereocenters. The number of halogens is 1. The molecule has 0 saturated carbocycles. The van der Waals surface area contributed by atoms with Crippen LogP contribution < -0.4 is 5.32 Å². The molecule has 1 aromatic heterocycles. The molecule has 0 fully saturated rings. The van der Waals surface area contributed by atoms with Gasteiger partial charge in [0.1, 0.15) is 0 Å². The molecular weight excluding hydrogens is 312 g/mol. The van der Waals surface area contributed by atoms with Gasteiger partial charge in [0.05, 0.1) is 0 Å². The zero-order valence-electron chi connectivity index (χ0n) is 12.1. The average Bonchev–Trinajstić information content (AvgIpc) is 2.48. The van der Waals surface area contributed by atoms with Crippen LogP contribution in [0.4, 0.5) is 0 Å². The maximum absolute atomic E-state index is 4.21. The van der Waals surface area contributed by atoms with E-state index in [9.17, 15) is 0 Å². The van der Waals surface area contributed by atoms with Gasteiger partial charge in [-0.3, -0.25) is 4.98 Å². The van der Waals surface area contributed by atoms with Gasteiger partial charge in [-0.1, -0.05) is 47.1 Å². The van der Waals surface area contributed by atoms with Crippen LogP contribution in [0.2, 0.25) is 0 Å². The van der Waals surface area contributed by atoms with Crippen LogP contribution in [0.15, 0.2) is 47.2 Å². The van der Waals surface area contributed by atoms with Gasteiger partial charge in [-0.25, -0.2) is 0 Å². The third-order valence-electron chi connectivity index (χ3n) is 3.40. The summed E-state index contributed by atoms with van der Waals surface area (Å²) in [6, 6.07) is 10.9. The minimum atomic E-state index is 0.313. The van der Waals surface area contributed by atoms with Gasteiger partial charge in [-0.15, -0.1) is 0 Å². The largest absolute Gasteiger partial charge is 0.310 e. The number of nitrogens with zero attached hydrogens (tertiary/aromatic N) is 1. The number of hydrogen-bond acceptors (Lipinski definition) is 2. The monoisotopic (exact) mass is 332 g/mol. The molecule has 20 heavy (non-hydrogen) atoms. The molecule has 1 N–H and O–H groups in total. The summed E-state index contributed by atoms with van der Waals surface area (Å²) in [4.78, 5) is 4.21. The minimum Gasteiger partial charge on any atom is -0.310 e. The van der Waals surface area contributed by atoms with Gasteiger partial charge in [-0.05, 0) is 49.1 Å². The van der Waals surface area contributed by atoms with E-state index in [1.165, 1.54) is 21.2 Å². The molecule has 0 spiro atoms. The first kappa shape index (κ1) is 15.2. The number of aromatic nitrogens is 1. The van der Waals surface area contributed by atoms with E-state index in [0.29, 0.717) is 6.04 Å². The minimum absolute atomic E-state index is 0.313. The van der Waals surface area contributed by atoms with E-state index in [2.05, 4.69) is 64.3 Å². The molecule has 3 heteroatoms. The Morgan fingerprint density at radius 2 is 2.10 bits per heavy atom. The van der Waals surface area contributed by atoms with Crippen LogP contribution in [0, 0.1) is 6.92 Å². The third-order valence-corrected chi connectivity index (χ3v) is 4.48. The summed E-state index contributed by atoms with van der Waals surface area (Å²) in [6.45, 7) is 5.35. The van der Waals surface area contributed by atoms with E-state index in [4.69, 9.17) is 0 Å². The van der Waals surface area contributed by atoms with E-state index in [1.54, 1.807) is 0 Å². The second kappa shape index (κ2) is 7.55. The lowest BCUT2D eigenvalue weighted by atomic mass is 9.98. The number of aryl methyl sites for hydroxylation is 1. The fraction of sp³-hybridized carbons (Fsp3) is 0.353. The number of hydrogen-bond donors (Lipinski definition) is 1. The lowest BCUT2D eigenvalue weighted by molar-refractivity contribution is 0.527. The molecule has 0 aliphatic heterocycles. The second-order valence-corrected chi connectivity index (χ2v) is 5.84. The van der Waals surface area contributed by atoms with E-state index < -0.39 is 0 Å². The Hall–Kier alpha value is -1.19. The Balaban J connectivity index is 2.25. The molecule has 0 amide bonds. The van der Waals surface area contributed by atoms with Gasteiger partial charge < -0.3 is 5.32 Å². The zero-order valence-corrected chi connectivity index (χ0v) is 13.7. The number of pyridine rings is 1. The number of benzene rings is 1. The van der Waals surface area contributed by atoms with Crippen molar-refractivity contribution in [2.75, 3.05) is 6.54 Å². The molecule has 1 unspecified atom stereocenters. The Bertz CT molecular complexity index is 540. The van der Waals surface area contributed by atoms with Crippen molar-refractivity contribution < 1.29 is 0 Å². The van der Waals surface area contributed by atoms with Gasteiger partial charge in [-0.2, -0.15) is 0 Å². The topological polar surface area (TPSA) is 24.9 Å². The molecule has 2 aromatic rings. The summed E-state index contributed by atoms with van der Waals surface area (Å²) in [5.74, 6) is 0. The maximum Gasteiger partial charge on any atom is 0.0372 e. The van der Waals surface area contributed by atoms with Crippen molar-refractivity contribution in [3.63, 3.8) is 0 Å². The molecule has 0 aliphatic carbocycles. The van der Waals surface area contributed by atoms with Crippen molar-refractivity contribution >= 4 is 15.9 Å². The van der Waals surface area contributed by atoms with Crippen molar-refractivity contribution in [2.45, 2.75) is 32.7 Å². The van der Waals surface area contributed by atoms with E-state index in [0.717, 1.165) is 19.4 Å². The standard InChI is InChI=1S/C17H21BrN2/c1-3-9-20-16(11-14-7-5-10-19-12-14)15-8-4-6-13(2)17(15)18/h4-8,10,12,16,20H,3,9,11H2,1-2H3.